The van der Waals surface area contributed by atoms with Crippen LogP contribution in [0.5, 0.6) is 0 Å². The van der Waals surface area contributed by atoms with Gasteiger partial charge in [0.05, 0.1) is 12.1 Å². The Labute approximate surface area is 141 Å². The standard InChI is InChI=1S/C20H21N3O/c1-2-20(17-6-4-3-5-15(17)9-12-24-20)14-23-19-8-11-22-18-7-10-21-13-16(18)19/h3-8,10-11,13H,2,9,12,14H2,1H3,(H,22,23). The minimum Gasteiger partial charge on any atom is -0.381 e. The average molecular weight is 319 g/mol. The Hall–Kier alpha value is -2.46. The van der Waals surface area contributed by atoms with Crippen molar-refractivity contribution >= 4 is 16.6 Å². The third-order valence-corrected chi connectivity index (χ3v) is 4.94. The van der Waals surface area contributed by atoms with Gasteiger partial charge in [-0.2, -0.15) is 0 Å². The Balaban J connectivity index is 1.67. The van der Waals surface area contributed by atoms with E-state index < -0.39 is 0 Å². The second-order valence-electron chi connectivity index (χ2n) is 6.21. The molecular weight excluding hydrogens is 298 g/mol. The summed E-state index contributed by atoms with van der Waals surface area (Å²) in [5, 5.41) is 4.62. The summed E-state index contributed by atoms with van der Waals surface area (Å²) in [4.78, 5) is 8.63. The summed E-state index contributed by atoms with van der Waals surface area (Å²) < 4.78 is 6.28. The Morgan fingerprint density at radius 3 is 3.00 bits per heavy atom. The van der Waals surface area contributed by atoms with E-state index in [-0.39, 0.29) is 5.60 Å². The molecule has 1 N–H and O–H groups in total. The van der Waals surface area contributed by atoms with E-state index in [9.17, 15) is 0 Å². The fourth-order valence-electron chi connectivity index (χ4n) is 3.56. The predicted octanol–water partition coefficient (Wildman–Crippen LogP) is 3.92. The van der Waals surface area contributed by atoms with Crippen LogP contribution in [0.4, 0.5) is 5.69 Å². The molecule has 0 fully saturated rings. The first-order chi connectivity index (χ1) is 11.8. The summed E-state index contributed by atoms with van der Waals surface area (Å²) >= 11 is 0. The van der Waals surface area contributed by atoms with Crippen LogP contribution in [-0.4, -0.2) is 23.1 Å². The maximum atomic E-state index is 6.28. The van der Waals surface area contributed by atoms with Crippen LogP contribution >= 0.6 is 0 Å². The highest BCUT2D eigenvalue weighted by Crippen LogP contribution is 2.36. The van der Waals surface area contributed by atoms with E-state index in [2.05, 4.69) is 46.5 Å². The van der Waals surface area contributed by atoms with Gasteiger partial charge in [-0.25, -0.2) is 0 Å². The monoisotopic (exact) mass is 319 g/mol. The molecule has 0 spiro atoms. The van der Waals surface area contributed by atoms with Crippen LogP contribution in [0.25, 0.3) is 10.9 Å². The van der Waals surface area contributed by atoms with Gasteiger partial charge in [0.15, 0.2) is 0 Å². The number of fused-ring (bicyclic) bond motifs is 2. The minimum atomic E-state index is -0.285. The zero-order valence-corrected chi connectivity index (χ0v) is 13.8. The average Bonchev–Trinajstić information content (AvgIpc) is 2.66. The molecule has 0 aliphatic carbocycles. The van der Waals surface area contributed by atoms with Gasteiger partial charge < -0.3 is 10.1 Å². The van der Waals surface area contributed by atoms with Crippen LogP contribution in [0.15, 0.2) is 55.0 Å². The fraction of sp³-hybridized carbons (Fsp3) is 0.300. The molecule has 4 nitrogen and oxygen atoms in total. The zero-order valence-electron chi connectivity index (χ0n) is 13.8. The van der Waals surface area contributed by atoms with E-state index in [1.807, 2.05) is 24.5 Å². The van der Waals surface area contributed by atoms with E-state index in [1.54, 1.807) is 6.20 Å². The molecule has 0 bridgehead atoms. The summed E-state index contributed by atoms with van der Waals surface area (Å²) in [5.74, 6) is 0. The zero-order chi connectivity index (χ0) is 16.4. The fourth-order valence-corrected chi connectivity index (χ4v) is 3.56. The SMILES string of the molecule is CCC1(CNc2ccnc3ccncc23)OCCc2ccccc21. The molecule has 1 aromatic carbocycles. The molecule has 24 heavy (non-hydrogen) atoms. The number of anilines is 1. The predicted molar refractivity (Wildman–Crippen MR) is 96.1 cm³/mol. The highest BCUT2D eigenvalue weighted by Gasteiger charge is 2.36. The second kappa shape index (κ2) is 6.21. The number of benzene rings is 1. The van der Waals surface area contributed by atoms with Gasteiger partial charge in [-0.05, 0) is 36.1 Å². The van der Waals surface area contributed by atoms with Crippen molar-refractivity contribution in [3.63, 3.8) is 0 Å². The van der Waals surface area contributed by atoms with Gasteiger partial charge in [0.25, 0.3) is 0 Å². The van der Waals surface area contributed by atoms with Crippen molar-refractivity contribution < 1.29 is 4.74 Å². The first-order valence-electron chi connectivity index (χ1n) is 8.47. The third kappa shape index (κ3) is 2.53. The first kappa shape index (κ1) is 15.1. The smallest absolute Gasteiger partial charge is 0.110 e. The number of nitrogens with zero attached hydrogens (tertiary/aromatic N) is 2. The molecule has 0 amide bonds. The van der Waals surface area contributed by atoms with Crippen molar-refractivity contribution in [2.24, 2.45) is 0 Å². The van der Waals surface area contributed by atoms with Gasteiger partial charge in [0, 0.05) is 36.2 Å². The maximum absolute atomic E-state index is 6.28. The van der Waals surface area contributed by atoms with Gasteiger partial charge in [-0.3, -0.25) is 9.97 Å². The molecule has 0 saturated heterocycles. The lowest BCUT2D eigenvalue weighted by atomic mass is 9.84. The van der Waals surface area contributed by atoms with Crippen molar-refractivity contribution in [1.29, 1.82) is 0 Å². The highest BCUT2D eigenvalue weighted by molar-refractivity contribution is 5.90. The number of rotatable bonds is 4. The second-order valence-corrected chi connectivity index (χ2v) is 6.21. The lowest BCUT2D eigenvalue weighted by Gasteiger charge is -2.39. The number of pyridine rings is 2. The Kier molecular flexibility index (Phi) is 3.90. The molecule has 1 unspecified atom stereocenters. The van der Waals surface area contributed by atoms with Gasteiger partial charge in [-0.1, -0.05) is 31.2 Å². The van der Waals surface area contributed by atoms with Crippen molar-refractivity contribution in [3.8, 4) is 0 Å². The largest absolute Gasteiger partial charge is 0.381 e. The van der Waals surface area contributed by atoms with E-state index in [1.165, 1.54) is 11.1 Å². The summed E-state index contributed by atoms with van der Waals surface area (Å²) in [6.45, 7) is 3.69. The molecule has 2 aromatic heterocycles. The number of hydrogen-bond acceptors (Lipinski definition) is 4. The van der Waals surface area contributed by atoms with Crippen molar-refractivity contribution in [1.82, 2.24) is 9.97 Å². The van der Waals surface area contributed by atoms with Crippen molar-refractivity contribution in [3.05, 3.63) is 66.1 Å². The van der Waals surface area contributed by atoms with Crippen LogP contribution < -0.4 is 5.32 Å². The lowest BCUT2D eigenvalue weighted by Crippen LogP contribution is -2.41. The van der Waals surface area contributed by atoms with Crippen LogP contribution in [0.3, 0.4) is 0 Å². The Morgan fingerprint density at radius 2 is 2.08 bits per heavy atom. The minimum absolute atomic E-state index is 0.285. The highest BCUT2D eigenvalue weighted by atomic mass is 16.5. The topological polar surface area (TPSA) is 47.0 Å². The van der Waals surface area contributed by atoms with Crippen LogP contribution in [0.2, 0.25) is 0 Å². The van der Waals surface area contributed by atoms with E-state index in [4.69, 9.17) is 4.74 Å². The summed E-state index contributed by atoms with van der Waals surface area (Å²) in [6, 6.07) is 12.6. The molecule has 4 heteroatoms. The molecule has 0 radical (unpaired) electrons. The van der Waals surface area contributed by atoms with Gasteiger partial charge in [0.2, 0.25) is 0 Å². The van der Waals surface area contributed by atoms with E-state index in [0.29, 0.717) is 0 Å². The number of ether oxygens (including phenoxy) is 1. The quantitative estimate of drug-likeness (QED) is 0.792. The first-order valence-corrected chi connectivity index (χ1v) is 8.47. The number of hydrogen-bond donors (Lipinski definition) is 1. The molecule has 1 atom stereocenters. The maximum Gasteiger partial charge on any atom is 0.110 e. The van der Waals surface area contributed by atoms with Gasteiger partial charge in [-0.15, -0.1) is 0 Å². The van der Waals surface area contributed by atoms with E-state index in [0.717, 1.165) is 42.6 Å². The molecular formula is C20H21N3O. The summed E-state index contributed by atoms with van der Waals surface area (Å²) in [7, 11) is 0. The van der Waals surface area contributed by atoms with Gasteiger partial charge >= 0.3 is 0 Å². The molecule has 3 heterocycles. The van der Waals surface area contributed by atoms with Crippen molar-refractivity contribution in [2.45, 2.75) is 25.4 Å². The lowest BCUT2D eigenvalue weighted by molar-refractivity contribution is -0.0531. The molecule has 4 rings (SSSR count). The number of aromatic nitrogens is 2. The molecule has 1 aliphatic rings. The summed E-state index contributed by atoms with van der Waals surface area (Å²) in [5.41, 5.74) is 4.42. The van der Waals surface area contributed by atoms with Crippen molar-refractivity contribution in [2.75, 3.05) is 18.5 Å². The third-order valence-electron chi connectivity index (χ3n) is 4.94. The molecule has 122 valence electrons. The summed E-state index contributed by atoms with van der Waals surface area (Å²) in [6.07, 6.45) is 7.38. The normalized spacial score (nSPS) is 19.9. The van der Waals surface area contributed by atoms with Crippen LogP contribution in [0, 0.1) is 0 Å². The number of nitrogens with one attached hydrogen (secondary N) is 1. The van der Waals surface area contributed by atoms with Crippen LogP contribution in [-0.2, 0) is 16.8 Å². The molecule has 1 aliphatic heterocycles. The molecule has 0 saturated carbocycles. The van der Waals surface area contributed by atoms with E-state index >= 15 is 0 Å². The Morgan fingerprint density at radius 1 is 1.17 bits per heavy atom. The van der Waals surface area contributed by atoms with Gasteiger partial charge in [0.1, 0.15) is 5.60 Å². The van der Waals surface area contributed by atoms with Crippen LogP contribution in [0.1, 0.15) is 24.5 Å². The molecule has 3 aromatic rings. The Bertz CT molecular complexity index is 859.